The largest absolute Gasteiger partial charge is 0.444 e. The smallest absolute Gasteiger partial charge is 0.410 e. The number of hydrogen-bond acceptors (Lipinski definition) is 4. The van der Waals surface area contributed by atoms with Crippen LogP contribution in [0, 0.1) is 11.8 Å². The Kier molecular flexibility index (Phi) is 7.20. The van der Waals surface area contributed by atoms with Crippen molar-refractivity contribution in [2.75, 3.05) is 13.7 Å². The Hall–Kier alpha value is -3.27. The van der Waals surface area contributed by atoms with Gasteiger partial charge in [-0.25, -0.2) is 4.79 Å². The molecule has 4 aromatic rings. The van der Waals surface area contributed by atoms with E-state index in [0.717, 1.165) is 17.7 Å². The lowest BCUT2D eigenvalue weighted by Gasteiger charge is -2.24. The van der Waals surface area contributed by atoms with Crippen LogP contribution in [-0.2, 0) is 17.8 Å². The first-order valence-electron chi connectivity index (χ1n) is 11.9. The fourth-order valence-electron chi connectivity index (χ4n) is 4.19. The number of thiophene rings is 1. The summed E-state index contributed by atoms with van der Waals surface area (Å²) in [6, 6.07) is 15.1. The average molecular weight is 489 g/mol. The molecule has 0 aliphatic carbocycles. The SMILES string of the molecule is CCn1c2ccc(CN(C)C(=O)OC(C)(C)C)cc2c2ccc(-c3cc(C#CCCO)cs3)cc21. The fourth-order valence-corrected chi connectivity index (χ4v) is 5.03. The van der Waals surface area contributed by atoms with Crippen molar-refractivity contribution in [2.24, 2.45) is 0 Å². The number of aliphatic hydroxyl groups is 1. The van der Waals surface area contributed by atoms with Gasteiger partial charge in [0, 0.05) is 64.2 Å². The number of aryl methyl sites for hydroxylation is 1. The van der Waals surface area contributed by atoms with E-state index in [2.05, 4.69) is 71.2 Å². The molecule has 5 nitrogen and oxygen atoms in total. The highest BCUT2D eigenvalue weighted by Gasteiger charge is 2.20. The molecule has 35 heavy (non-hydrogen) atoms. The number of nitrogens with zero attached hydrogens (tertiary/aromatic N) is 2. The van der Waals surface area contributed by atoms with Gasteiger partial charge in [0.2, 0.25) is 0 Å². The molecule has 0 fully saturated rings. The van der Waals surface area contributed by atoms with Gasteiger partial charge in [-0.3, -0.25) is 0 Å². The molecule has 6 heteroatoms. The van der Waals surface area contributed by atoms with Crippen LogP contribution in [0.1, 0.15) is 45.2 Å². The number of benzene rings is 2. The van der Waals surface area contributed by atoms with E-state index in [4.69, 9.17) is 9.84 Å². The van der Waals surface area contributed by atoms with Crippen molar-refractivity contribution < 1.29 is 14.6 Å². The summed E-state index contributed by atoms with van der Waals surface area (Å²) in [4.78, 5) is 15.2. The van der Waals surface area contributed by atoms with Crippen LogP contribution in [0.5, 0.6) is 0 Å². The zero-order valence-corrected chi connectivity index (χ0v) is 21.8. The first-order valence-corrected chi connectivity index (χ1v) is 12.8. The second-order valence-electron chi connectivity index (χ2n) is 9.64. The molecule has 0 aliphatic rings. The zero-order chi connectivity index (χ0) is 25.2. The van der Waals surface area contributed by atoms with E-state index in [9.17, 15) is 4.79 Å². The number of aromatic nitrogens is 1. The predicted octanol–water partition coefficient (Wildman–Crippen LogP) is 6.64. The number of rotatable bonds is 5. The lowest BCUT2D eigenvalue weighted by Crippen LogP contribution is -2.33. The summed E-state index contributed by atoms with van der Waals surface area (Å²) in [6.45, 7) is 9.22. The van der Waals surface area contributed by atoms with E-state index < -0.39 is 5.60 Å². The van der Waals surface area contributed by atoms with Crippen molar-refractivity contribution in [3.63, 3.8) is 0 Å². The number of carbonyl (C=O) groups excluding carboxylic acids is 1. The molecule has 0 saturated carbocycles. The van der Waals surface area contributed by atoms with Crippen LogP contribution in [0.4, 0.5) is 4.79 Å². The minimum absolute atomic E-state index is 0.0846. The first kappa shape index (κ1) is 24.8. The molecule has 0 aliphatic heterocycles. The van der Waals surface area contributed by atoms with Gasteiger partial charge in [0.25, 0.3) is 0 Å². The second-order valence-corrected chi connectivity index (χ2v) is 10.6. The summed E-state index contributed by atoms with van der Waals surface area (Å²) in [6.07, 6.45) is 0.165. The number of ether oxygens (including phenoxy) is 1. The van der Waals surface area contributed by atoms with Gasteiger partial charge in [-0.2, -0.15) is 0 Å². The molecule has 0 bridgehead atoms. The van der Waals surface area contributed by atoms with Crippen molar-refractivity contribution in [3.8, 4) is 22.3 Å². The van der Waals surface area contributed by atoms with E-state index >= 15 is 0 Å². The molecular weight excluding hydrogens is 456 g/mol. The van der Waals surface area contributed by atoms with Gasteiger partial charge in [-0.05, 0) is 63.1 Å². The van der Waals surface area contributed by atoms with Crippen LogP contribution < -0.4 is 0 Å². The minimum atomic E-state index is -0.517. The average Bonchev–Trinajstić information content (AvgIpc) is 3.40. The Morgan fingerprint density at radius 2 is 1.91 bits per heavy atom. The van der Waals surface area contributed by atoms with E-state index in [1.165, 1.54) is 32.2 Å². The Labute approximate surface area is 210 Å². The van der Waals surface area contributed by atoms with Crippen LogP contribution in [0.15, 0.2) is 47.8 Å². The number of hydrogen-bond donors (Lipinski definition) is 1. The highest BCUT2D eigenvalue weighted by atomic mass is 32.1. The second kappa shape index (κ2) is 10.2. The van der Waals surface area contributed by atoms with Crippen molar-refractivity contribution in [2.45, 2.75) is 52.8 Å². The molecule has 182 valence electrons. The molecule has 2 aromatic carbocycles. The molecule has 0 saturated heterocycles. The van der Waals surface area contributed by atoms with Gasteiger partial charge in [-0.1, -0.05) is 30.0 Å². The fraction of sp³-hybridized carbons (Fsp3) is 0.345. The maximum atomic E-state index is 12.4. The Morgan fingerprint density at radius 3 is 2.63 bits per heavy atom. The normalized spacial score (nSPS) is 11.5. The maximum Gasteiger partial charge on any atom is 0.410 e. The van der Waals surface area contributed by atoms with Gasteiger partial charge in [0.1, 0.15) is 5.60 Å². The maximum absolute atomic E-state index is 12.4. The van der Waals surface area contributed by atoms with Gasteiger partial charge < -0.3 is 19.3 Å². The topological polar surface area (TPSA) is 54.7 Å². The van der Waals surface area contributed by atoms with E-state index in [1.54, 1.807) is 23.3 Å². The standard InChI is InChI=1S/C29H32N2O3S/c1-6-31-25-13-10-20(18-30(5)28(33)34-29(2,3)4)15-24(25)23-12-11-22(17-26(23)31)27-16-21(19-35-27)9-7-8-14-32/h10-13,15-17,19,32H,6,8,14,18H2,1-5H3. The molecule has 1 N–H and O–H groups in total. The third-order valence-electron chi connectivity index (χ3n) is 5.73. The summed E-state index contributed by atoms with van der Waals surface area (Å²) < 4.78 is 7.84. The highest BCUT2D eigenvalue weighted by molar-refractivity contribution is 7.13. The van der Waals surface area contributed by atoms with Crippen LogP contribution in [0.3, 0.4) is 0 Å². The molecular formula is C29H32N2O3S. The zero-order valence-electron chi connectivity index (χ0n) is 21.0. The molecule has 0 atom stereocenters. The Balaban J connectivity index is 1.67. The van der Waals surface area contributed by atoms with Crippen molar-refractivity contribution >= 4 is 39.2 Å². The van der Waals surface area contributed by atoms with Crippen LogP contribution in [0.25, 0.3) is 32.2 Å². The van der Waals surface area contributed by atoms with E-state index in [-0.39, 0.29) is 12.7 Å². The number of amides is 1. The molecule has 0 spiro atoms. The number of fused-ring (bicyclic) bond motifs is 3. The van der Waals surface area contributed by atoms with Crippen molar-refractivity contribution in [1.82, 2.24) is 9.47 Å². The predicted molar refractivity (Wildman–Crippen MR) is 145 cm³/mol. The summed E-state index contributed by atoms with van der Waals surface area (Å²) in [5.41, 5.74) is 5.07. The minimum Gasteiger partial charge on any atom is -0.444 e. The Bertz CT molecular complexity index is 1430. The monoisotopic (exact) mass is 488 g/mol. The quantitative estimate of drug-likeness (QED) is 0.320. The summed E-state index contributed by atoms with van der Waals surface area (Å²) >= 11 is 1.68. The van der Waals surface area contributed by atoms with Gasteiger partial charge >= 0.3 is 6.09 Å². The Morgan fingerprint density at radius 1 is 1.11 bits per heavy atom. The van der Waals surface area contributed by atoms with Crippen LogP contribution in [0.2, 0.25) is 0 Å². The van der Waals surface area contributed by atoms with Gasteiger partial charge in [-0.15, -0.1) is 11.3 Å². The van der Waals surface area contributed by atoms with Crippen molar-refractivity contribution in [1.29, 1.82) is 0 Å². The van der Waals surface area contributed by atoms with Crippen LogP contribution in [-0.4, -0.2) is 39.9 Å². The van der Waals surface area contributed by atoms with Gasteiger partial charge in [0.15, 0.2) is 0 Å². The van der Waals surface area contributed by atoms with E-state index in [0.29, 0.717) is 13.0 Å². The van der Waals surface area contributed by atoms with Crippen LogP contribution >= 0.6 is 11.3 Å². The number of carbonyl (C=O) groups is 1. The molecule has 2 aromatic heterocycles. The third kappa shape index (κ3) is 5.53. The summed E-state index contributed by atoms with van der Waals surface area (Å²) in [5, 5.41) is 13.4. The molecule has 0 unspecified atom stereocenters. The highest BCUT2D eigenvalue weighted by Crippen LogP contribution is 2.35. The molecule has 0 radical (unpaired) electrons. The third-order valence-corrected chi connectivity index (χ3v) is 6.70. The molecule has 1 amide bonds. The van der Waals surface area contributed by atoms with E-state index in [1.807, 2.05) is 20.8 Å². The lowest BCUT2D eigenvalue weighted by atomic mass is 10.1. The summed E-state index contributed by atoms with van der Waals surface area (Å²) in [7, 11) is 1.77. The molecule has 4 rings (SSSR count). The molecule has 2 heterocycles. The van der Waals surface area contributed by atoms with Gasteiger partial charge in [0.05, 0.1) is 6.61 Å². The first-order chi connectivity index (χ1) is 16.7. The summed E-state index contributed by atoms with van der Waals surface area (Å²) in [5.74, 6) is 6.11. The lowest BCUT2D eigenvalue weighted by molar-refractivity contribution is 0.0285. The van der Waals surface area contributed by atoms with Crippen molar-refractivity contribution in [3.05, 3.63) is 59.0 Å². The number of aliphatic hydroxyl groups excluding tert-OH is 1.